The zero-order chi connectivity index (χ0) is 16.4. The van der Waals surface area contributed by atoms with E-state index >= 15 is 0 Å². The Bertz CT molecular complexity index is 727. The number of hydrogen-bond donors (Lipinski definition) is 1. The Labute approximate surface area is 138 Å². The molecule has 0 unspecified atom stereocenters. The quantitative estimate of drug-likeness (QED) is 0.938. The number of fused-ring (bicyclic) bond motifs is 1. The van der Waals surface area contributed by atoms with Crippen molar-refractivity contribution in [3.8, 4) is 5.75 Å². The highest BCUT2D eigenvalue weighted by atomic mass is 32.1. The summed E-state index contributed by atoms with van der Waals surface area (Å²) in [4.78, 5) is 28.5. The van der Waals surface area contributed by atoms with Gasteiger partial charge in [0.15, 0.2) is 0 Å². The summed E-state index contributed by atoms with van der Waals surface area (Å²) >= 11 is 1.37. The topological polar surface area (TPSA) is 60.9 Å². The monoisotopic (exact) mass is 330 g/mol. The van der Waals surface area contributed by atoms with Gasteiger partial charge in [-0.3, -0.25) is 9.59 Å². The summed E-state index contributed by atoms with van der Waals surface area (Å²) in [6.07, 6.45) is 0.768. The Balaban J connectivity index is 1.64. The molecule has 1 N–H and O–H groups in total. The zero-order valence-electron chi connectivity index (χ0n) is 12.9. The van der Waals surface area contributed by atoms with Gasteiger partial charge in [-0.25, -0.2) is 0 Å². The van der Waals surface area contributed by atoms with Gasteiger partial charge >= 0.3 is 0 Å². The van der Waals surface area contributed by atoms with E-state index in [1.54, 1.807) is 30.1 Å². The van der Waals surface area contributed by atoms with Crippen LogP contribution in [-0.2, 0) is 17.8 Å². The summed E-state index contributed by atoms with van der Waals surface area (Å²) < 4.78 is 0. The van der Waals surface area contributed by atoms with Crippen LogP contribution in [0.1, 0.15) is 20.8 Å². The number of hydrogen-bond acceptors (Lipinski definition) is 4. The summed E-state index contributed by atoms with van der Waals surface area (Å²) in [6, 6.07) is 8.85. The fourth-order valence-electron chi connectivity index (χ4n) is 2.72. The van der Waals surface area contributed by atoms with Crippen molar-refractivity contribution in [2.24, 2.45) is 0 Å². The maximum atomic E-state index is 12.5. The van der Waals surface area contributed by atoms with Gasteiger partial charge in [-0.1, -0.05) is 12.1 Å². The van der Waals surface area contributed by atoms with E-state index in [-0.39, 0.29) is 24.1 Å². The predicted octanol–water partition coefficient (Wildman–Crippen LogP) is 2.11. The highest BCUT2D eigenvalue weighted by molar-refractivity contribution is 7.12. The van der Waals surface area contributed by atoms with E-state index in [4.69, 9.17) is 0 Å². The summed E-state index contributed by atoms with van der Waals surface area (Å²) in [7, 11) is 1.64. The van der Waals surface area contributed by atoms with Crippen LogP contribution in [0.25, 0.3) is 0 Å². The molecule has 0 atom stereocenters. The standard InChI is InChI=1S/C17H18N2O3S/c1-18(17(22)15-3-2-8-23-15)11-16(21)19-7-6-12-4-5-14(20)9-13(12)10-19/h2-5,8-9,20H,6-7,10-11H2,1H3. The van der Waals surface area contributed by atoms with Crippen LogP contribution in [0, 0.1) is 0 Å². The van der Waals surface area contributed by atoms with Crippen molar-refractivity contribution in [1.82, 2.24) is 9.80 Å². The summed E-state index contributed by atoms with van der Waals surface area (Å²) in [5, 5.41) is 11.4. The number of likely N-dealkylation sites (N-methyl/N-ethyl adjacent to an activating group) is 1. The molecule has 23 heavy (non-hydrogen) atoms. The van der Waals surface area contributed by atoms with Crippen LogP contribution in [0.15, 0.2) is 35.7 Å². The predicted molar refractivity (Wildman–Crippen MR) is 88.5 cm³/mol. The molecule has 1 aliphatic rings. The molecule has 2 amide bonds. The number of phenolic OH excluding ortho intramolecular Hbond substituents is 1. The van der Waals surface area contributed by atoms with E-state index in [9.17, 15) is 14.7 Å². The molecule has 0 aliphatic carbocycles. The van der Waals surface area contributed by atoms with Crippen molar-refractivity contribution >= 4 is 23.2 Å². The molecule has 3 rings (SSSR count). The molecule has 2 aromatic rings. The van der Waals surface area contributed by atoms with Gasteiger partial charge in [-0.2, -0.15) is 0 Å². The van der Waals surface area contributed by atoms with Crippen LogP contribution in [0.4, 0.5) is 0 Å². The number of carbonyl (C=O) groups excluding carboxylic acids is 2. The van der Waals surface area contributed by atoms with Gasteiger partial charge in [-0.05, 0) is 41.1 Å². The van der Waals surface area contributed by atoms with Crippen molar-refractivity contribution in [3.05, 3.63) is 51.7 Å². The Hall–Kier alpha value is -2.34. The molecular weight excluding hydrogens is 312 g/mol. The summed E-state index contributed by atoms with van der Waals surface area (Å²) in [5.74, 6) is -0.00200. The van der Waals surface area contributed by atoms with E-state index < -0.39 is 0 Å². The van der Waals surface area contributed by atoms with Gasteiger partial charge in [0.05, 0.1) is 11.4 Å². The van der Waals surface area contributed by atoms with E-state index in [1.165, 1.54) is 16.2 Å². The molecular formula is C17H18N2O3S. The fourth-order valence-corrected chi connectivity index (χ4v) is 3.44. The van der Waals surface area contributed by atoms with Crippen molar-refractivity contribution in [2.75, 3.05) is 20.1 Å². The number of nitrogens with zero attached hydrogens (tertiary/aromatic N) is 2. The van der Waals surface area contributed by atoms with E-state index in [1.807, 2.05) is 17.5 Å². The van der Waals surface area contributed by atoms with Crippen molar-refractivity contribution in [2.45, 2.75) is 13.0 Å². The van der Waals surface area contributed by atoms with Gasteiger partial charge in [0.2, 0.25) is 5.91 Å². The molecule has 1 aliphatic heterocycles. The number of aromatic hydroxyl groups is 1. The van der Waals surface area contributed by atoms with Crippen LogP contribution >= 0.6 is 11.3 Å². The first-order valence-corrected chi connectivity index (χ1v) is 8.30. The summed E-state index contributed by atoms with van der Waals surface area (Å²) in [6.45, 7) is 1.17. The van der Waals surface area contributed by atoms with Gasteiger partial charge in [0.1, 0.15) is 5.75 Å². The molecule has 2 heterocycles. The highest BCUT2D eigenvalue weighted by Crippen LogP contribution is 2.23. The normalized spacial score (nSPS) is 13.5. The lowest BCUT2D eigenvalue weighted by atomic mass is 9.99. The molecule has 120 valence electrons. The van der Waals surface area contributed by atoms with Gasteiger partial charge in [0.25, 0.3) is 5.91 Å². The SMILES string of the molecule is CN(CC(=O)N1CCc2ccc(O)cc2C1)C(=O)c1cccs1. The van der Waals surface area contributed by atoms with Crippen molar-refractivity contribution < 1.29 is 14.7 Å². The number of thiophene rings is 1. The lowest BCUT2D eigenvalue weighted by Gasteiger charge is -2.30. The fraction of sp³-hybridized carbons (Fsp3) is 0.294. The Morgan fingerprint density at radius 1 is 1.30 bits per heavy atom. The third-order valence-electron chi connectivity index (χ3n) is 4.01. The average Bonchev–Trinajstić information content (AvgIpc) is 3.07. The second-order valence-electron chi connectivity index (χ2n) is 5.66. The molecule has 0 saturated heterocycles. The molecule has 0 bridgehead atoms. The maximum absolute atomic E-state index is 12.5. The second kappa shape index (κ2) is 6.42. The third-order valence-corrected chi connectivity index (χ3v) is 4.86. The number of benzene rings is 1. The smallest absolute Gasteiger partial charge is 0.264 e. The largest absolute Gasteiger partial charge is 0.508 e. The minimum atomic E-state index is -0.136. The first-order valence-electron chi connectivity index (χ1n) is 7.42. The Kier molecular flexibility index (Phi) is 4.34. The Morgan fingerprint density at radius 3 is 2.87 bits per heavy atom. The van der Waals surface area contributed by atoms with Crippen LogP contribution in [-0.4, -0.2) is 46.9 Å². The lowest BCUT2D eigenvalue weighted by molar-refractivity contribution is -0.132. The second-order valence-corrected chi connectivity index (χ2v) is 6.60. The van der Waals surface area contributed by atoms with Crippen molar-refractivity contribution in [3.63, 3.8) is 0 Å². The molecule has 0 radical (unpaired) electrons. The number of rotatable bonds is 3. The first-order chi connectivity index (χ1) is 11.0. The van der Waals surface area contributed by atoms with Gasteiger partial charge in [0, 0.05) is 20.1 Å². The molecule has 1 aromatic heterocycles. The number of phenols is 1. The minimum Gasteiger partial charge on any atom is -0.508 e. The third kappa shape index (κ3) is 3.37. The number of carbonyl (C=O) groups is 2. The van der Waals surface area contributed by atoms with Crippen molar-refractivity contribution in [1.29, 1.82) is 0 Å². The maximum Gasteiger partial charge on any atom is 0.264 e. The lowest BCUT2D eigenvalue weighted by Crippen LogP contribution is -2.43. The highest BCUT2D eigenvalue weighted by Gasteiger charge is 2.23. The van der Waals surface area contributed by atoms with E-state index in [2.05, 4.69) is 0 Å². The first kappa shape index (κ1) is 15.6. The van der Waals surface area contributed by atoms with Crippen LogP contribution in [0.3, 0.4) is 0 Å². The van der Waals surface area contributed by atoms with Crippen LogP contribution in [0.2, 0.25) is 0 Å². The molecule has 6 heteroatoms. The molecule has 0 spiro atoms. The zero-order valence-corrected chi connectivity index (χ0v) is 13.7. The van der Waals surface area contributed by atoms with E-state index in [0.717, 1.165) is 17.5 Å². The van der Waals surface area contributed by atoms with E-state index in [0.29, 0.717) is 18.0 Å². The Morgan fingerprint density at radius 2 is 2.13 bits per heavy atom. The van der Waals surface area contributed by atoms with Gasteiger partial charge < -0.3 is 14.9 Å². The van der Waals surface area contributed by atoms with Crippen LogP contribution in [0.5, 0.6) is 5.75 Å². The van der Waals surface area contributed by atoms with Crippen LogP contribution < -0.4 is 0 Å². The number of amides is 2. The molecule has 0 fully saturated rings. The molecule has 5 nitrogen and oxygen atoms in total. The molecule has 0 saturated carbocycles. The minimum absolute atomic E-state index is 0.0604. The van der Waals surface area contributed by atoms with Gasteiger partial charge in [-0.15, -0.1) is 11.3 Å². The average molecular weight is 330 g/mol. The molecule has 1 aromatic carbocycles. The summed E-state index contributed by atoms with van der Waals surface area (Å²) in [5.41, 5.74) is 2.13.